The number of imidazole rings is 1. The number of nitrogens with zero attached hydrogens (tertiary/aromatic N) is 4. The quantitative estimate of drug-likeness (QED) is 0.0925. The molecule has 5 atom stereocenters. The highest BCUT2D eigenvalue weighted by Crippen LogP contribution is 2.32. The van der Waals surface area contributed by atoms with Gasteiger partial charge in [0, 0.05) is 13.2 Å². The van der Waals surface area contributed by atoms with E-state index in [1.807, 2.05) is 6.92 Å². The monoisotopic (exact) mass is 558 g/mol. The molecule has 0 aromatic carbocycles. The molecule has 222 valence electrons. The van der Waals surface area contributed by atoms with E-state index >= 15 is 0 Å². The molecule has 6 N–H and O–H groups in total. The topological polar surface area (TPSA) is 198 Å². The van der Waals surface area contributed by atoms with E-state index in [2.05, 4.69) is 20.3 Å². The Balaban J connectivity index is 1.22. The van der Waals surface area contributed by atoms with E-state index in [9.17, 15) is 15.3 Å². The number of fused-ring (bicyclic) bond motifs is 1. The van der Waals surface area contributed by atoms with E-state index in [4.69, 9.17) is 34.2 Å². The van der Waals surface area contributed by atoms with Crippen LogP contribution >= 0.6 is 0 Å². The molecule has 15 heteroatoms. The first-order valence-electron chi connectivity index (χ1n) is 13.3. The lowest BCUT2D eigenvalue weighted by molar-refractivity contribution is -0.140. The number of rotatable bonds is 21. The smallest absolute Gasteiger partial charge is 0.167 e. The van der Waals surface area contributed by atoms with Crippen molar-refractivity contribution in [3.63, 3.8) is 0 Å². The minimum Gasteiger partial charge on any atom is -0.394 e. The van der Waals surface area contributed by atoms with Crippen LogP contribution in [0.2, 0.25) is 0 Å². The first kappa shape index (κ1) is 31.5. The minimum atomic E-state index is -1.22. The summed E-state index contributed by atoms with van der Waals surface area (Å²) in [5.41, 5.74) is 6.36. The Morgan fingerprint density at radius 1 is 0.949 bits per heavy atom. The van der Waals surface area contributed by atoms with Crippen molar-refractivity contribution in [3.05, 3.63) is 12.7 Å². The van der Waals surface area contributed by atoms with Crippen molar-refractivity contribution in [2.24, 2.45) is 5.73 Å². The van der Waals surface area contributed by atoms with Crippen molar-refractivity contribution in [1.82, 2.24) is 19.5 Å². The highest BCUT2D eigenvalue weighted by molar-refractivity contribution is 5.82. The van der Waals surface area contributed by atoms with Crippen molar-refractivity contribution in [1.29, 1.82) is 0 Å². The molecule has 1 aliphatic rings. The highest BCUT2D eigenvalue weighted by atomic mass is 16.7. The van der Waals surface area contributed by atoms with Crippen molar-refractivity contribution in [2.45, 2.75) is 50.6 Å². The summed E-state index contributed by atoms with van der Waals surface area (Å²) >= 11 is 0. The van der Waals surface area contributed by atoms with E-state index in [0.29, 0.717) is 82.9 Å². The third-order valence-electron chi connectivity index (χ3n) is 5.93. The van der Waals surface area contributed by atoms with E-state index in [-0.39, 0.29) is 6.29 Å². The molecule has 1 unspecified atom stereocenters. The van der Waals surface area contributed by atoms with Crippen molar-refractivity contribution < 1.29 is 43.7 Å². The summed E-state index contributed by atoms with van der Waals surface area (Å²) in [7, 11) is 0. The molecule has 15 nitrogen and oxygen atoms in total. The Labute approximate surface area is 227 Å². The summed E-state index contributed by atoms with van der Waals surface area (Å²) in [6.45, 7) is 6.61. The lowest BCUT2D eigenvalue weighted by atomic mass is 10.1. The number of ether oxygens (including phenoxy) is 6. The molecule has 0 spiro atoms. The Kier molecular flexibility index (Phi) is 14.2. The van der Waals surface area contributed by atoms with Crippen molar-refractivity contribution >= 4 is 17.0 Å². The first-order valence-corrected chi connectivity index (χ1v) is 13.3. The van der Waals surface area contributed by atoms with Crippen LogP contribution in [0.1, 0.15) is 26.0 Å². The summed E-state index contributed by atoms with van der Waals surface area (Å²) in [4.78, 5) is 12.8. The number of aromatic nitrogens is 4. The predicted octanol–water partition coefficient (Wildman–Crippen LogP) is -0.982. The zero-order valence-corrected chi connectivity index (χ0v) is 22.4. The van der Waals surface area contributed by atoms with Crippen LogP contribution in [0, 0.1) is 0 Å². The molecule has 2 aromatic heterocycles. The summed E-state index contributed by atoms with van der Waals surface area (Å²) in [5, 5.41) is 32.9. The Morgan fingerprint density at radius 3 is 2.33 bits per heavy atom. The summed E-state index contributed by atoms with van der Waals surface area (Å²) in [6.07, 6.45) is -0.0984. The van der Waals surface area contributed by atoms with Gasteiger partial charge in [0.05, 0.1) is 59.2 Å². The zero-order chi connectivity index (χ0) is 27.9. The van der Waals surface area contributed by atoms with Crippen molar-refractivity contribution in [3.8, 4) is 0 Å². The molecule has 1 saturated heterocycles. The van der Waals surface area contributed by atoms with Gasteiger partial charge in [-0.15, -0.1) is 0 Å². The van der Waals surface area contributed by atoms with Crippen LogP contribution in [0.15, 0.2) is 12.7 Å². The molecule has 3 rings (SSSR count). The van der Waals surface area contributed by atoms with Gasteiger partial charge in [-0.25, -0.2) is 15.0 Å². The summed E-state index contributed by atoms with van der Waals surface area (Å²) in [5.74, 6) is 0.535. The molecule has 0 aliphatic carbocycles. The van der Waals surface area contributed by atoms with E-state index in [1.54, 1.807) is 0 Å². The van der Waals surface area contributed by atoms with E-state index in [0.717, 1.165) is 12.8 Å². The van der Waals surface area contributed by atoms with Gasteiger partial charge in [-0.2, -0.15) is 0 Å². The standard InChI is InChI=1S/C24H42N6O9/c1-17(37-7-2-4-25)38-13-12-36-11-10-35-9-8-34-6-3-5-26-22-19-23(28-15-27-22)30(16-29-19)24-21(33)20(32)18(14-31)39-24/h15-18,20-21,24,31-33H,2-14,25H2,1H3,(H,26,27,28)/t17?,18-,20-,21-,24-/m1/s1. The van der Waals surface area contributed by atoms with E-state index < -0.39 is 31.1 Å². The molecular formula is C24H42N6O9. The number of aliphatic hydroxyl groups is 3. The molecule has 0 radical (unpaired) electrons. The van der Waals surface area contributed by atoms with Crippen LogP contribution in [0.3, 0.4) is 0 Å². The molecular weight excluding hydrogens is 516 g/mol. The maximum Gasteiger partial charge on any atom is 0.167 e. The maximum absolute atomic E-state index is 10.3. The van der Waals surface area contributed by atoms with Gasteiger partial charge >= 0.3 is 0 Å². The number of nitrogens with one attached hydrogen (secondary N) is 1. The number of anilines is 1. The second-order valence-electron chi connectivity index (χ2n) is 8.84. The highest BCUT2D eigenvalue weighted by Gasteiger charge is 2.44. The average Bonchev–Trinajstić information content (AvgIpc) is 3.49. The summed E-state index contributed by atoms with van der Waals surface area (Å²) in [6, 6.07) is 0. The van der Waals surface area contributed by atoms with Gasteiger partial charge in [0.1, 0.15) is 24.6 Å². The number of hydrogen-bond acceptors (Lipinski definition) is 14. The van der Waals surface area contributed by atoms with Gasteiger partial charge in [-0.05, 0) is 26.3 Å². The van der Waals surface area contributed by atoms with Crippen LogP contribution in [-0.4, -0.2) is 132 Å². The van der Waals surface area contributed by atoms with Crippen molar-refractivity contribution in [2.75, 3.05) is 77.9 Å². The van der Waals surface area contributed by atoms with Gasteiger partial charge in [-0.3, -0.25) is 4.57 Å². The molecule has 39 heavy (non-hydrogen) atoms. The normalized spacial score (nSPS) is 22.1. The second-order valence-corrected chi connectivity index (χ2v) is 8.84. The van der Waals surface area contributed by atoms with Crippen LogP contribution in [-0.2, 0) is 28.4 Å². The fourth-order valence-electron chi connectivity index (χ4n) is 3.85. The number of nitrogens with two attached hydrogens (primary N) is 1. The lowest BCUT2D eigenvalue weighted by Crippen LogP contribution is -2.33. The zero-order valence-electron chi connectivity index (χ0n) is 22.4. The van der Waals surface area contributed by atoms with Gasteiger partial charge in [0.2, 0.25) is 0 Å². The molecule has 0 bridgehead atoms. The van der Waals surface area contributed by atoms with Crippen LogP contribution in [0.25, 0.3) is 11.2 Å². The van der Waals surface area contributed by atoms with Gasteiger partial charge < -0.3 is 54.8 Å². The fraction of sp³-hybridized carbons (Fsp3) is 0.792. The number of aliphatic hydroxyl groups excluding tert-OH is 3. The average molecular weight is 559 g/mol. The maximum atomic E-state index is 10.3. The SMILES string of the molecule is CC(OCCCN)OCCOCCOCCOCCCNc1ncnc2c1ncn2[C@@H]1O[C@H](CO)[C@@H](O)[C@H]1O. The number of hydrogen-bond donors (Lipinski definition) is 5. The Bertz CT molecular complexity index is 939. The largest absolute Gasteiger partial charge is 0.394 e. The van der Waals surface area contributed by atoms with Gasteiger partial charge in [-0.1, -0.05) is 0 Å². The molecule has 0 saturated carbocycles. The fourth-order valence-corrected chi connectivity index (χ4v) is 3.85. The molecule has 1 fully saturated rings. The van der Waals surface area contributed by atoms with Gasteiger partial charge in [0.25, 0.3) is 0 Å². The van der Waals surface area contributed by atoms with Crippen LogP contribution in [0.4, 0.5) is 5.82 Å². The van der Waals surface area contributed by atoms with Crippen LogP contribution < -0.4 is 11.1 Å². The molecule has 1 aliphatic heterocycles. The predicted molar refractivity (Wildman–Crippen MR) is 139 cm³/mol. The van der Waals surface area contributed by atoms with E-state index in [1.165, 1.54) is 17.2 Å². The molecule has 3 heterocycles. The van der Waals surface area contributed by atoms with Gasteiger partial charge in [0.15, 0.2) is 29.5 Å². The Hall–Kier alpha value is -2.05. The summed E-state index contributed by atoms with van der Waals surface area (Å²) < 4.78 is 34.5. The van der Waals surface area contributed by atoms with Crippen LogP contribution in [0.5, 0.6) is 0 Å². The first-order chi connectivity index (χ1) is 19.1. The third kappa shape index (κ3) is 9.82. The third-order valence-corrected chi connectivity index (χ3v) is 5.93. The second kappa shape index (κ2) is 17.6. The Morgan fingerprint density at radius 2 is 1.64 bits per heavy atom. The lowest BCUT2D eigenvalue weighted by Gasteiger charge is -2.16. The molecule has 0 amide bonds. The minimum absolute atomic E-state index is 0.270. The molecule has 2 aromatic rings.